The highest BCUT2D eigenvalue weighted by Gasteiger charge is 2.08. The zero-order valence-electron chi connectivity index (χ0n) is 14.1. The van der Waals surface area contributed by atoms with Gasteiger partial charge in [-0.15, -0.1) is 23.1 Å². The molecule has 3 aromatic rings. The van der Waals surface area contributed by atoms with E-state index in [1.807, 2.05) is 42.0 Å². The van der Waals surface area contributed by atoms with Crippen molar-refractivity contribution >= 4 is 46.6 Å². The Bertz CT molecular complexity index is 929. The second-order valence-electron chi connectivity index (χ2n) is 5.48. The minimum atomic E-state index is -0.172. The van der Waals surface area contributed by atoms with Crippen LogP contribution in [-0.2, 0) is 0 Å². The zero-order valence-corrected chi connectivity index (χ0v) is 15.8. The molecule has 0 saturated carbocycles. The summed E-state index contributed by atoms with van der Waals surface area (Å²) < 4.78 is 0. The molecule has 0 bridgehead atoms. The van der Waals surface area contributed by atoms with Gasteiger partial charge in [-0.3, -0.25) is 9.59 Å². The van der Waals surface area contributed by atoms with Gasteiger partial charge in [0.2, 0.25) is 0 Å². The summed E-state index contributed by atoms with van der Waals surface area (Å²) in [6.45, 7) is 0. The van der Waals surface area contributed by atoms with Crippen LogP contribution in [0.5, 0.6) is 0 Å². The van der Waals surface area contributed by atoms with Crippen molar-refractivity contribution in [3.63, 3.8) is 0 Å². The van der Waals surface area contributed by atoms with E-state index in [4.69, 9.17) is 0 Å². The van der Waals surface area contributed by atoms with Crippen molar-refractivity contribution in [1.82, 2.24) is 0 Å². The lowest BCUT2D eigenvalue weighted by Crippen LogP contribution is -2.10. The molecule has 1 N–H and O–H groups in total. The lowest BCUT2D eigenvalue weighted by atomic mass is 10.1. The first-order valence-corrected chi connectivity index (χ1v) is 10.1. The molecule has 2 aromatic carbocycles. The Labute approximate surface area is 160 Å². The number of anilines is 1. The van der Waals surface area contributed by atoms with Crippen molar-refractivity contribution in [2.75, 3.05) is 11.6 Å². The number of rotatable bonds is 6. The van der Waals surface area contributed by atoms with Crippen LogP contribution in [0.3, 0.4) is 0 Å². The van der Waals surface area contributed by atoms with Crippen molar-refractivity contribution in [3.8, 4) is 0 Å². The number of thiophene rings is 1. The normalized spacial score (nSPS) is 10.8. The average molecular weight is 380 g/mol. The highest BCUT2D eigenvalue weighted by molar-refractivity contribution is 7.98. The number of benzene rings is 2. The Morgan fingerprint density at radius 2 is 1.85 bits per heavy atom. The molecule has 0 fully saturated rings. The largest absolute Gasteiger partial charge is 0.321 e. The van der Waals surface area contributed by atoms with Gasteiger partial charge in [-0.05, 0) is 53.6 Å². The average Bonchev–Trinajstić information content (AvgIpc) is 3.22. The van der Waals surface area contributed by atoms with E-state index in [9.17, 15) is 9.59 Å². The van der Waals surface area contributed by atoms with Crippen LogP contribution in [0.1, 0.15) is 25.6 Å². The number of carbonyl (C=O) groups excluding carboxylic acids is 2. The molecule has 0 radical (unpaired) electrons. The molecule has 1 heterocycles. The van der Waals surface area contributed by atoms with Gasteiger partial charge in [0.1, 0.15) is 0 Å². The highest BCUT2D eigenvalue weighted by Crippen LogP contribution is 2.17. The molecule has 0 aliphatic carbocycles. The Morgan fingerprint density at radius 3 is 2.54 bits per heavy atom. The molecule has 0 spiro atoms. The molecule has 3 nitrogen and oxygen atoms in total. The van der Waals surface area contributed by atoms with E-state index in [1.54, 1.807) is 54.2 Å². The summed E-state index contributed by atoms with van der Waals surface area (Å²) in [4.78, 5) is 26.3. The first kappa shape index (κ1) is 18.2. The van der Waals surface area contributed by atoms with Crippen molar-refractivity contribution < 1.29 is 9.59 Å². The van der Waals surface area contributed by atoms with Crippen LogP contribution in [0, 0.1) is 0 Å². The lowest BCUT2D eigenvalue weighted by molar-refractivity contribution is 0.102. The summed E-state index contributed by atoms with van der Waals surface area (Å²) in [6, 6.07) is 18.6. The van der Waals surface area contributed by atoms with Crippen LogP contribution in [0.4, 0.5) is 5.69 Å². The van der Waals surface area contributed by atoms with E-state index in [1.165, 1.54) is 16.2 Å². The van der Waals surface area contributed by atoms with Gasteiger partial charge in [-0.1, -0.05) is 36.4 Å². The van der Waals surface area contributed by atoms with Crippen LogP contribution in [0.25, 0.3) is 6.08 Å². The third-order valence-corrected chi connectivity index (χ3v) is 5.31. The highest BCUT2D eigenvalue weighted by atomic mass is 32.2. The Morgan fingerprint density at radius 1 is 1.04 bits per heavy atom. The molecule has 0 aliphatic heterocycles. The molecule has 130 valence electrons. The SMILES string of the molecule is CSc1ccc(/C=C\C(=O)c2cccc(NC(=O)c3cccs3)c2)cc1. The maximum atomic E-state index is 12.4. The zero-order chi connectivity index (χ0) is 18.4. The second-order valence-corrected chi connectivity index (χ2v) is 7.31. The van der Waals surface area contributed by atoms with E-state index in [-0.39, 0.29) is 11.7 Å². The summed E-state index contributed by atoms with van der Waals surface area (Å²) in [7, 11) is 0. The Hall–Kier alpha value is -2.63. The topological polar surface area (TPSA) is 46.2 Å². The molecule has 0 saturated heterocycles. The molecule has 0 aliphatic rings. The van der Waals surface area contributed by atoms with Crippen molar-refractivity contribution in [2.24, 2.45) is 0 Å². The van der Waals surface area contributed by atoms with Crippen LogP contribution in [-0.4, -0.2) is 17.9 Å². The van der Waals surface area contributed by atoms with Crippen LogP contribution >= 0.6 is 23.1 Å². The van der Waals surface area contributed by atoms with Crippen molar-refractivity contribution in [1.29, 1.82) is 0 Å². The Kier molecular flexibility index (Phi) is 6.04. The number of hydrogen-bond acceptors (Lipinski definition) is 4. The first-order chi connectivity index (χ1) is 12.7. The number of hydrogen-bond donors (Lipinski definition) is 1. The number of amides is 1. The molecule has 0 atom stereocenters. The van der Waals surface area contributed by atoms with E-state index in [0.717, 1.165) is 5.56 Å². The van der Waals surface area contributed by atoms with E-state index in [0.29, 0.717) is 16.1 Å². The van der Waals surface area contributed by atoms with E-state index >= 15 is 0 Å². The van der Waals surface area contributed by atoms with Crippen molar-refractivity contribution in [3.05, 3.63) is 88.1 Å². The standard InChI is InChI=1S/C21H17NO2S2/c1-25-18-10-7-15(8-11-18)9-12-19(23)16-4-2-5-17(14-16)22-21(24)20-6-3-13-26-20/h2-14H,1H3,(H,22,24)/b12-9-. The fraction of sp³-hybridized carbons (Fsp3) is 0.0476. The minimum Gasteiger partial charge on any atom is -0.321 e. The summed E-state index contributed by atoms with van der Waals surface area (Å²) in [5, 5.41) is 4.67. The van der Waals surface area contributed by atoms with Gasteiger partial charge in [0.25, 0.3) is 5.91 Å². The third kappa shape index (κ3) is 4.71. The maximum Gasteiger partial charge on any atom is 0.265 e. The lowest BCUT2D eigenvalue weighted by Gasteiger charge is -2.05. The quantitative estimate of drug-likeness (QED) is 0.343. The first-order valence-electron chi connectivity index (χ1n) is 7.97. The van der Waals surface area contributed by atoms with Gasteiger partial charge in [0, 0.05) is 16.1 Å². The molecule has 5 heteroatoms. The fourth-order valence-electron chi connectivity index (χ4n) is 2.33. The second kappa shape index (κ2) is 8.65. The van der Waals surface area contributed by atoms with Gasteiger partial charge < -0.3 is 5.32 Å². The molecule has 0 unspecified atom stereocenters. The molecule has 3 rings (SSSR count). The van der Waals surface area contributed by atoms with Crippen LogP contribution in [0.2, 0.25) is 0 Å². The van der Waals surface area contributed by atoms with Gasteiger partial charge in [0.05, 0.1) is 4.88 Å². The number of thioether (sulfide) groups is 1. The van der Waals surface area contributed by atoms with Gasteiger partial charge in [-0.25, -0.2) is 0 Å². The predicted octanol–water partition coefficient (Wildman–Crippen LogP) is 5.62. The molecular weight excluding hydrogens is 362 g/mol. The number of nitrogens with one attached hydrogen (secondary N) is 1. The van der Waals surface area contributed by atoms with Gasteiger partial charge in [0.15, 0.2) is 5.78 Å². The van der Waals surface area contributed by atoms with Gasteiger partial charge in [-0.2, -0.15) is 0 Å². The monoisotopic (exact) mass is 379 g/mol. The number of carbonyl (C=O) groups is 2. The predicted molar refractivity (Wildman–Crippen MR) is 110 cm³/mol. The van der Waals surface area contributed by atoms with E-state index < -0.39 is 0 Å². The van der Waals surface area contributed by atoms with E-state index in [2.05, 4.69) is 5.32 Å². The van der Waals surface area contributed by atoms with Crippen molar-refractivity contribution in [2.45, 2.75) is 4.90 Å². The summed E-state index contributed by atoms with van der Waals surface area (Å²) in [5.41, 5.74) is 2.11. The summed E-state index contributed by atoms with van der Waals surface area (Å²) in [5.74, 6) is -0.278. The third-order valence-electron chi connectivity index (χ3n) is 3.69. The summed E-state index contributed by atoms with van der Waals surface area (Å²) >= 11 is 3.06. The van der Waals surface area contributed by atoms with Crippen LogP contribution in [0.15, 0.2) is 77.0 Å². The fourth-order valence-corrected chi connectivity index (χ4v) is 3.36. The summed E-state index contributed by atoms with van der Waals surface area (Å²) in [6.07, 6.45) is 5.37. The number of ketones is 1. The maximum absolute atomic E-state index is 12.4. The molecule has 1 aromatic heterocycles. The molecule has 26 heavy (non-hydrogen) atoms. The smallest absolute Gasteiger partial charge is 0.265 e. The van der Waals surface area contributed by atoms with Gasteiger partial charge >= 0.3 is 0 Å². The number of allylic oxidation sites excluding steroid dienone is 1. The molecule has 1 amide bonds. The molecular formula is C21H17NO2S2. The van der Waals surface area contributed by atoms with Crippen LogP contribution < -0.4 is 5.32 Å². The Balaban J connectivity index is 1.69. The minimum absolute atomic E-state index is 0.105.